The van der Waals surface area contributed by atoms with E-state index in [4.69, 9.17) is 15.9 Å². The fourth-order valence-corrected chi connectivity index (χ4v) is 1.27. The van der Waals surface area contributed by atoms with E-state index < -0.39 is 0 Å². The van der Waals surface area contributed by atoms with Crippen LogP contribution in [0.4, 0.5) is 0 Å². The van der Waals surface area contributed by atoms with Gasteiger partial charge in [0.05, 0.1) is 6.61 Å². The monoisotopic (exact) mass is 237 g/mol. The van der Waals surface area contributed by atoms with Crippen LogP contribution >= 0.6 is 0 Å². The van der Waals surface area contributed by atoms with Crippen molar-refractivity contribution >= 4 is 6.21 Å². The van der Waals surface area contributed by atoms with Crippen molar-refractivity contribution in [1.29, 1.82) is 5.41 Å². The van der Waals surface area contributed by atoms with Crippen LogP contribution in [0.15, 0.2) is 24.3 Å². The number of rotatable bonds is 7. The van der Waals surface area contributed by atoms with Crippen LogP contribution in [-0.2, 0) is 0 Å². The van der Waals surface area contributed by atoms with Gasteiger partial charge in [-0.2, -0.15) is 0 Å². The Morgan fingerprint density at radius 1 is 1.12 bits per heavy atom. The molecule has 0 aliphatic carbocycles. The molecule has 0 aliphatic rings. The molecule has 4 nitrogen and oxygen atoms in total. The molecule has 0 spiro atoms. The molecule has 0 amide bonds. The van der Waals surface area contributed by atoms with E-state index in [0.717, 1.165) is 43.7 Å². The predicted octanol–water partition coefficient (Wildman–Crippen LogP) is 1.77. The summed E-state index contributed by atoms with van der Waals surface area (Å²) in [5.41, 5.74) is 10.8. The molecule has 1 aromatic rings. The Morgan fingerprint density at radius 3 is 2.29 bits per heavy atom. The summed E-state index contributed by atoms with van der Waals surface area (Å²) in [7, 11) is 1.50. The molecule has 0 saturated heterocycles. The maximum Gasteiger partial charge on any atom is 0.119 e. The van der Waals surface area contributed by atoms with Gasteiger partial charge in [-0.25, -0.2) is 0 Å². The van der Waals surface area contributed by atoms with Gasteiger partial charge in [0.25, 0.3) is 0 Å². The fraction of sp³-hybridized carbons (Fsp3) is 0.462. The van der Waals surface area contributed by atoms with Gasteiger partial charge in [-0.15, -0.1) is 0 Å². The smallest absolute Gasteiger partial charge is 0.119 e. The van der Waals surface area contributed by atoms with Crippen molar-refractivity contribution in [2.24, 2.45) is 11.5 Å². The normalized spacial score (nSPS) is 9.12. The zero-order valence-electron chi connectivity index (χ0n) is 10.5. The van der Waals surface area contributed by atoms with Crippen molar-refractivity contribution in [2.75, 3.05) is 20.2 Å². The Bertz CT molecular complexity index is 285. The quantitative estimate of drug-likeness (QED) is 0.499. The molecule has 5 N–H and O–H groups in total. The second-order valence-electron chi connectivity index (χ2n) is 3.41. The van der Waals surface area contributed by atoms with Gasteiger partial charge in [-0.05, 0) is 62.7 Å². The Balaban J connectivity index is 0.00000121. The van der Waals surface area contributed by atoms with E-state index >= 15 is 0 Å². The summed E-state index contributed by atoms with van der Waals surface area (Å²) < 4.78 is 5.54. The van der Waals surface area contributed by atoms with Gasteiger partial charge < -0.3 is 21.6 Å². The molecule has 4 heteroatoms. The fourth-order valence-electron chi connectivity index (χ4n) is 1.27. The summed E-state index contributed by atoms with van der Waals surface area (Å²) >= 11 is 0. The van der Waals surface area contributed by atoms with E-state index in [1.165, 1.54) is 13.3 Å². The van der Waals surface area contributed by atoms with Crippen LogP contribution in [0.2, 0.25) is 0 Å². The van der Waals surface area contributed by atoms with Gasteiger partial charge in [0.15, 0.2) is 0 Å². The summed E-state index contributed by atoms with van der Waals surface area (Å²) in [5, 5.41) is 7.05. The molecular weight excluding hydrogens is 214 g/mol. The van der Waals surface area contributed by atoms with Crippen molar-refractivity contribution < 1.29 is 4.74 Å². The number of hydrogen-bond acceptors (Lipinski definition) is 4. The average molecular weight is 237 g/mol. The van der Waals surface area contributed by atoms with Gasteiger partial charge in [0, 0.05) is 6.21 Å². The molecule has 17 heavy (non-hydrogen) atoms. The zero-order chi connectivity index (χ0) is 12.9. The van der Waals surface area contributed by atoms with Crippen molar-refractivity contribution in [3.63, 3.8) is 0 Å². The van der Waals surface area contributed by atoms with Crippen LogP contribution in [-0.4, -0.2) is 26.4 Å². The standard InChI is InChI=1S/C12H18N2O.CH5N/c13-8-2-1-3-9-15-12-6-4-11(10-14)5-7-12;1-2/h4-7,10,14H,1-3,8-9,13H2;2H2,1H3. The van der Waals surface area contributed by atoms with Crippen LogP contribution in [0.25, 0.3) is 0 Å². The van der Waals surface area contributed by atoms with Crippen molar-refractivity contribution in [3.05, 3.63) is 29.8 Å². The molecule has 0 fully saturated rings. The van der Waals surface area contributed by atoms with E-state index in [-0.39, 0.29) is 0 Å². The van der Waals surface area contributed by atoms with Gasteiger partial charge in [-0.3, -0.25) is 0 Å². The first kappa shape index (κ1) is 15.6. The lowest BCUT2D eigenvalue weighted by molar-refractivity contribution is 0.305. The van der Waals surface area contributed by atoms with Crippen LogP contribution in [0.5, 0.6) is 5.75 Å². The average Bonchev–Trinajstić information content (AvgIpc) is 2.41. The van der Waals surface area contributed by atoms with Crippen molar-refractivity contribution in [2.45, 2.75) is 19.3 Å². The summed E-state index contributed by atoms with van der Waals surface area (Å²) in [4.78, 5) is 0. The molecule has 0 bridgehead atoms. The highest BCUT2D eigenvalue weighted by atomic mass is 16.5. The molecule has 0 radical (unpaired) electrons. The molecule has 0 aliphatic heterocycles. The molecule has 0 aromatic heterocycles. The molecular formula is C13H23N3O. The first-order chi connectivity index (χ1) is 8.36. The van der Waals surface area contributed by atoms with Crippen LogP contribution in [0.1, 0.15) is 24.8 Å². The Labute approximate surface area is 103 Å². The number of nitrogens with two attached hydrogens (primary N) is 2. The van der Waals surface area contributed by atoms with E-state index in [2.05, 4.69) is 5.73 Å². The van der Waals surface area contributed by atoms with E-state index in [0.29, 0.717) is 0 Å². The first-order valence-corrected chi connectivity index (χ1v) is 5.88. The van der Waals surface area contributed by atoms with E-state index in [1.54, 1.807) is 0 Å². The molecule has 1 rings (SSSR count). The highest BCUT2D eigenvalue weighted by Gasteiger charge is 1.93. The lowest BCUT2D eigenvalue weighted by Crippen LogP contribution is -2.01. The Kier molecular flexibility index (Phi) is 10.2. The second kappa shape index (κ2) is 11.1. The summed E-state index contributed by atoms with van der Waals surface area (Å²) in [6.07, 6.45) is 4.56. The second-order valence-corrected chi connectivity index (χ2v) is 3.41. The van der Waals surface area contributed by atoms with E-state index in [9.17, 15) is 0 Å². The molecule has 0 heterocycles. The zero-order valence-corrected chi connectivity index (χ0v) is 10.5. The minimum atomic E-state index is 0.740. The molecule has 0 atom stereocenters. The highest BCUT2D eigenvalue weighted by molar-refractivity contribution is 5.76. The summed E-state index contributed by atoms with van der Waals surface area (Å²) in [5.74, 6) is 0.869. The summed E-state index contributed by atoms with van der Waals surface area (Å²) in [6, 6.07) is 7.54. The summed E-state index contributed by atoms with van der Waals surface area (Å²) in [6.45, 7) is 1.50. The van der Waals surface area contributed by atoms with Crippen molar-refractivity contribution in [3.8, 4) is 5.75 Å². The van der Waals surface area contributed by atoms with Crippen LogP contribution in [0.3, 0.4) is 0 Å². The minimum Gasteiger partial charge on any atom is -0.494 e. The maximum atomic E-state index is 7.05. The Morgan fingerprint density at radius 2 is 1.76 bits per heavy atom. The molecule has 0 saturated carbocycles. The van der Waals surface area contributed by atoms with Crippen LogP contribution < -0.4 is 16.2 Å². The van der Waals surface area contributed by atoms with Crippen molar-refractivity contribution in [1.82, 2.24) is 0 Å². The molecule has 0 unspecified atom stereocenters. The number of ether oxygens (including phenoxy) is 1. The highest BCUT2D eigenvalue weighted by Crippen LogP contribution is 2.11. The van der Waals surface area contributed by atoms with Gasteiger partial charge >= 0.3 is 0 Å². The third kappa shape index (κ3) is 7.49. The number of benzene rings is 1. The SMILES string of the molecule is CN.N=Cc1ccc(OCCCCCN)cc1. The third-order valence-electron chi connectivity index (χ3n) is 2.16. The van der Waals surface area contributed by atoms with Crippen LogP contribution in [0, 0.1) is 5.41 Å². The lowest BCUT2D eigenvalue weighted by Gasteiger charge is -2.05. The predicted molar refractivity (Wildman–Crippen MR) is 72.8 cm³/mol. The van der Waals surface area contributed by atoms with Gasteiger partial charge in [-0.1, -0.05) is 0 Å². The third-order valence-corrected chi connectivity index (χ3v) is 2.16. The van der Waals surface area contributed by atoms with Gasteiger partial charge in [0.1, 0.15) is 5.75 Å². The van der Waals surface area contributed by atoms with E-state index in [1.807, 2.05) is 24.3 Å². The lowest BCUT2D eigenvalue weighted by atomic mass is 10.2. The molecule has 96 valence electrons. The topological polar surface area (TPSA) is 85.1 Å². The number of hydrogen-bond donors (Lipinski definition) is 3. The minimum absolute atomic E-state index is 0.740. The molecule has 1 aromatic carbocycles. The largest absolute Gasteiger partial charge is 0.494 e. The van der Waals surface area contributed by atoms with Gasteiger partial charge in [0.2, 0.25) is 0 Å². The number of nitrogens with one attached hydrogen (secondary N) is 1. The first-order valence-electron chi connectivity index (χ1n) is 5.88. The maximum absolute atomic E-state index is 7.05. The number of unbranched alkanes of at least 4 members (excludes halogenated alkanes) is 2. The Hall–Kier alpha value is -1.39.